The van der Waals surface area contributed by atoms with Crippen LogP contribution in [0.2, 0.25) is 5.02 Å². The third-order valence-electron chi connectivity index (χ3n) is 4.02. The summed E-state index contributed by atoms with van der Waals surface area (Å²) in [5, 5.41) is 22.0. The Balaban J connectivity index is 2.10. The van der Waals surface area contributed by atoms with Crippen LogP contribution < -0.4 is 5.32 Å². The smallest absolute Gasteiger partial charge is 0.295 e. The van der Waals surface area contributed by atoms with Crippen molar-refractivity contribution in [3.63, 3.8) is 0 Å². The predicted molar refractivity (Wildman–Crippen MR) is 97.6 cm³/mol. The van der Waals surface area contributed by atoms with Crippen LogP contribution in [0.25, 0.3) is 10.9 Å². The fourth-order valence-electron chi connectivity index (χ4n) is 2.87. The van der Waals surface area contributed by atoms with Crippen molar-refractivity contribution in [1.29, 1.82) is 0 Å². The predicted octanol–water partition coefficient (Wildman–Crippen LogP) is 3.43. The van der Waals surface area contributed by atoms with Crippen molar-refractivity contribution in [2.45, 2.75) is 0 Å². The molecule has 0 saturated carbocycles. The van der Waals surface area contributed by atoms with Gasteiger partial charge >= 0.3 is 0 Å². The minimum absolute atomic E-state index is 0.135. The van der Waals surface area contributed by atoms with Crippen molar-refractivity contribution in [3.8, 4) is 0 Å². The number of benzene rings is 2. The molecule has 4 rings (SSSR count). The molecule has 0 fully saturated rings. The van der Waals surface area contributed by atoms with Crippen LogP contribution in [0, 0.1) is 10.1 Å². The Hall–Kier alpha value is -3.52. The Morgan fingerprint density at radius 2 is 2.04 bits per heavy atom. The van der Waals surface area contributed by atoms with Crippen molar-refractivity contribution in [2.75, 3.05) is 5.32 Å². The van der Waals surface area contributed by atoms with Crippen LogP contribution in [-0.4, -0.2) is 27.1 Å². The van der Waals surface area contributed by atoms with Crippen molar-refractivity contribution >= 4 is 45.9 Å². The maximum absolute atomic E-state index is 11.5. The largest absolute Gasteiger partial charge is 0.358 e. The molecule has 1 aromatic heterocycles. The quantitative estimate of drug-likeness (QED) is 0.418. The van der Waals surface area contributed by atoms with Crippen molar-refractivity contribution in [1.82, 2.24) is 10.2 Å². The summed E-state index contributed by atoms with van der Waals surface area (Å²) in [6.07, 6.45) is 3.52. The highest BCUT2D eigenvalue weighted by Gasteiger charge is 2.26. The Bertz CT molecular complexity index is 1130. The summed E-state index contributed by atoms with van der Waals surface area (Å²) >= 11 is 6.31. The van der Waals surface area contributed by atoms with E-state index in [0.717, 1.165) is 0 Å². The van der Waals surface area contributed by atoms with Gasteiger partial charge in [0.25, 0.3) is 5.69 Å². The molecule has 2 heterocycles. The van der Waals surface area contributed by atoms with Gasteiger partial charge in [0.15, 0.2) is 6.29 Å². The lowest BCUT2D eigenvalue weighted by Crippen LogP contribution is -2.07. The van der Waals surface area contributed by atoms with E-state index in [2.05, 4.69) is 20.5 Å². The van der Waals surface area contributed by atoms with Gasteiger partial charge in [-0.05, 0) is 6.07 Å². The van der Waals surface area contributed by atoms with Gasteiger partial charge in [-0.15, -0.1) is 0 Å². The molecule has 128 valence electrons. The first-order valence-corrected chi connectivity index (χ1v) is 7.88. The summed E-state index contributed by atoms with van der Waals surface area (Å²) in [6.45, 7) is 0. The molecular formula is C17H10ClN5O3. The minimum Gasteiger partial charge on any atom is -0.358 e. The number of aromatic nitrogens is 2. The fourth-order valence-corrected chi connectivity index (χ4v) is 3.10. The zero-order chi connectivity index (χ0) is 18.3. The fraction of sp³-hybridized carbons (Fsp3) is 0. The normalized spacial score (nSPS) is 13.3. The van der Waals surface area contributed by atoms with Crippen LogP contribution in [0.15, 0.2) is 53.4 Å². The average Bonchev–Trinajstić information content (AvgIpc) is 3.04. The Labute approximate surface area is 151 Å². The van der Waals surface area contributed by atoms with Crippen molar-refractivity contribution in [2.24, 2.45) is 4.99 Å². The number of hydrogen-bond acceptors (Lipinski definition) is 6. The molecule has 26 heavy (non-hydrogen) atoms. The lowest BCUT2D eigenvalue weighted by atomic mass is 9.97. The molecule has 0 spiro atoms. The third kappa shape index (κ3) is 2.44. The standard InChI is InChI=1S/C17H10ClN5O3/c18-13-4-2-1-3-10(13)16-11-5-14(23(25)26)17-12(7-20-22-17)15(11)19-6-9(8-24)21-16/h1-8,19H,(H,20,22). The molecule has 0 atom stereocenters. The lowest BCUT2D eigenvalue weighted by Gasteiger charge is -2.12. The monoisotopic (exact) mass is 367 g/mol. The molecular weight excluding hydrogens is 358 g/mol. The van der Waals surface area contributed by atoms with Gasteiger partial charge in [-0.1, -0.05) is 29.8 Å². The molecule has 3 aromatic rings. The SMILES string of the molecule is O=CC1=CNc2c(cc([N+](=O)[O-])c3[nH]ncc23)C(c2ccccc2Cl)=N1. The van der Waals surface area contributed by atoms with Gasteiger partial charge in [0.1, 0.15) is 11.2 Å². The van der Waals surface area contributed by atoms with Gasteiger partial charge in [-0.25, -0.2) is 4.99 Å². The van der Waals surface area contributed by atoms with E-state index in [9.17, 15) is 14.9 Å². The minimum atomic E-state index is -0.496. The lowest BCUT2D eigenvalue weighted by molar-refractivity contribution is -0.383. The number of non-ortho nitro benzene ring substituents is 1. The zero-order valence-corrected chi connectivity index (χ0v) is 13.8. The highest BCUT2D eigenvalue weighted by molar-refractivity contribution is 6.36. The number of anilines is 1. The second kappa shape index (κ2) is 6.08. The van der Waals surface area contributed by atoms with E-state index in [4.69, 9.17) is 11.6 Å². The van der Waals surface area contributed by atoms with Gasteiger partial charge in [0.05, 0.1) is 27.9 Å². The first kappa shape index (κ1) is 16.0. The average molecular weight is 368 g/mol. The second-order valence-electron chi connectivity index (χ2n) is 5.51. The van der Waals surface area contributed by atoms with E-state index < -0.39 is 4.92 Å². The van der Waals surface area contributed by atoms with E-state index in [-0.39, 0.29) is 16.9 Å². The van der Waals surface area contributed by atoms with E-state index >= 15 is 0 Å². The summed E-state index contributed by atoms with van der Waals surface area (Å²) in [4.78, 5) is 26.7. The Kier molecular flexibility index (Phi) is 3.74. The maximum Gasteiger partial charge on any atom is 0.295 e. The first-order valence-electron chi connectivity index (χ1n) is 7.50. The highest BCUT2D eigenvalue weighted by atomic mass is 35.5. The molecule has 0 aliphatic carbocycles. The molecule has 9 heteroatoms. The number of nitrogens with one attached hydrogen (secondary N) is 2. The van der Waals surface area contributed by atoms with Crippen LogP contribution in [0.1, 0.15) is 11.1 Å². The second-order valence-corrected chi connectivity index (χ2v) is 5.91. The number of fused-ring (bicyclic) bond motifs is 3. The summed E-state index contributed by atoms with van der Waals surface area (Å²) in [5.41, 5.74) is 2.19. The molecule has 0 bridgehead atoms. The molecule has 0 amide bonds. The molecule has 2 aromatic carbocycles. The molecule has 8 nitrogen and oxygen atoms in total. The van der Waals surface area contributed by atoms with E-state index in [1.807, 2.05) is 0 Å². The van der Waals surface area contributed by atoms with E-state index in [1.54, 1.807) is 24.3 Å². The summed E-state index contributed by atoms with van der Waals surface area (Å²) in [6, 6.07) is 8.36. The number of aromatic amines is 1. The maximum atomic E-state index is 11.5. The topological polar surface area (TPSA) is 113 Å². The summed E-state index contributed by atoms with van der Waals surface area (Å²) in [7, 11) is 0. The third-order valence-corrected chi connectivity index (χ3v) is 4.35. The van der Waals surface area contributed by atoms with Gasteiger partial charge in [0, 0.05) is 28.4 Å². The molecule has 1 aliphatic heterocycles. The van der Waals surface area contributed by atoms with Gasteiger partial charge in [0.2, 0.25) is 0 Å². The number of hydrogen-bond donors (Lipinski definition) is 2. The number of H-pyrrole nitrogens is 1. The first-order chi connectivity index (χ1) is 12.6. The van der Waals surface area contributed by atoms with Gasteiger partial charge in [-0.3, -0.25) is 20.0 Å². The molecule has 0 saturated heterocycles. The van der Waals surface area contributed by atoms with E-state index in [1.165, 1.54) is 18.5 Å². The number of aldehydes is 1. The van der Waals surface area contributed by atoms with Crippen LogP contribution in [0.3, 0.4) is 0 Å². The number of carbonyl (C=O) groups is 1. The number of halogens is 1. The molecule has 1 aliphatic rings. The number of allylic oxidation sites excluding steroid dienone is 1. The molecule has 0 radical (unpaired) electrons. The highest BCUT2D eigenvalue weighted by Crippen LogP contribution is 2.37. The van der Waals surface area contributed by atoms with Gasteiger partial charge in [-0.2, -0.15) is 5.10 Å². The Morgan fingerprint density at radius 3 is 2.77 bits per heavy atom. The number of nitro benzene ring substituents is 1. The Morgan fingerprint density at radius 1 is 1.23 bits per heavy atom. The van der Waals surface area contributed by atoms with Gasteiger partial charge < -0.3 is 5.32 Å². The summed E-state index contributed by atoms with van der Waals surface area (Å²) < 4.78 is 0. The van der Waals surface area contributed by atoms with Crippen LogP contribution in [-0.2, 0) is 4.79 Å². The molecule has 0 unspecified atom stereocenters. The van der Waals surface area contributed by atoms with Crippen molar-refractivity contribution < 1.29 is 9.72 Å². The summed E-state index contributed by atoms with van der Waals surface area (Å²) in [5.74, 6) is 0. The molecule has 2 N–H and O–H groups in total. The van der Waals surface area contributed by atoms with Crippen LogP contribution in [0.5, 0.6) is 0 Å². The van der Waals surface area contributed by atoms with Crippen molar-refractivity contribution in [3.05, 3.63) is 74.7 Å². The number of carbonyl (C=O) groups excluding carboxylic acids is 1. The zero-order valence-electron chi connectivity index (χ0n) is 13.1. The number of nitrogens with zero attached hydrogens (tertiary/aromatic N) is 3. The number of aliphatic imine (C=N–C) groups is 1. The number of nitro groups is 1. The van der Waals surface area contributed by atoms with Crippen LogP contribution >= 0.6 is 11.6 Å². The van der Waals surface area contributed by atoms with E-state index in [0.29, 0.717) is 39.2 Å². The number of rotatable bonds is 3. The van der Waals surface area contributed by atoms with Crippen LogP contribution in [0.4, 0.5) is 11.4 Å².